The lowest BCUT2D eigenvalue weighted by Gasteiger charge is -2.36. The smallest absolute Gasteiger partial charge is 0.405 e. The molecule has 22 heavy (non-hydrogen) atoms. The van der Waals surface area contributed by atoms with E-state index < -0.39 is 12.1 Å². The second-order valence-electron chi connectivity index (χ2n) is 5.61. The summed E-state index contributed by atoms with van der Waals surface area (Å²) in [5, 5.41) is 0.401. The Hall–Kier alpha value is -0.980. The Kier molecular flexibility index (Phi) is 4.27. The fraction of sp³-hybridized carbons (Fsp3) is 0.600. The van der Waals surface area contributed by atoms with Crippen molar-refractivity contribution in [1.82, 2.24) is 0 Å². The van der Waals surface area contributed by atoms with Gasteiger partial charge >= 0.3 is 6.36 Å². The van der Waals surface area contributed by atoms with Gasteiger partial charge in [0, 0.05) is 17.9 Å². The van der Waals surface area contributed by atoms with Gasteiger partial charge in [-0.15, -0.1) is 13.2 Å². The van der Waals surface area contributed by atoms with Gasteiger partial charge in [-0.3, -0.25) is 0 Å². The standard InChI is InChI=1S/C15H16ClF3O3/c16-11-1-2-13(22-15(17,18)19)12(9-11)10-3-5-14(6-4-10)20-7-8-21-14/h1-2,9-10H,3-8H2. The maximum absolute atomic E-state index is 12.5. The molecule has 122 valence electrons. The molecule has 0 radical (unpaired) electrons. The van der Waals surface area contributed by atoms with E-state index in [0.29, 0.717) is 49.5 Å². The molecule has 0 bridgehead atoms. The van der Waals surface area contributed by atoms with E-state index in [1.54, 1.807) is 6.07 Å². The first-order valence-electron chi connectivity index (χ1n) is 7.20. The molecule has 1 spiro atoms. The van der Waals surface area contributed by atoms with Crippen molar-refractivity contribution >= 4 is 11.6 Å². The Bertz CT molecular complexity index is 531. The number of hydrogen-bond donors (Lipinski definition) is 0. The zero-order valence-corrected chi connectivity index (χ0v) is 12.5. The van der Waals surface area contributed by atoms with E-state index in [2.05, 4.69) is 4.74 Å². The highest BCUT2D eigenvalue weighted by molar-refractivity contribution is 6.30. The first-order valence-corrected chi connectivity index (χ1v) is 7.58. The van der Waals surface area contributed by atoms with Gasteiger partial charge in [0.1, 0.15) is 5.75 Å². The molecule has 0 amide bonds. The summed E-state index contributed by atoms with van der Waals surface area (Å²) in [6.07, 6.45) is -2.04. The molecule has 1 saturated carbocycles. The number of halogens is 4. The van der Waals surface area contributed by atoms with Crippen LogP contribution in [0.2, 0.25) is 5.02 Å². The lowest BCUT2D eigenvalue weighted by molar-refractivity contribution is -0.275. The molecule has 1 aliphatic carbocycles. The Morgan fingerprint density at radius 1 is 1.14 bits per heavy atom. The van der Waals surface area contributed by atoms with Crippen LogP contribution >= 0.6 is 11.6 Å². The highest BCUT2D eigenvalue weighted by Crippen LogP contribution is 2.45. The molecule has 0 N–H and O–H groups in total. The van der Waals surface area contributed by atoms with Crippen molar-refractivity contribution in [3.05, 3.63) is 28.8 Å². The Labute approximate surface area is 131 Å². The van der Waals surface area contributed by atoms with Crippen molar-refractivity contribution in [2.75, 3.05) is 13.2 Å². The molecule has 0 atom stereocenters. The number of benzene rings is 1. The molecule has 2 fully saturated rings. The van der Waals surface area contributed by atoms with Crippen molar-refractivity contribution in [2.45, 2.75) is 43.8 Å². The highest BCUT2D eigenvalue weighted by atomic mass is 35.5. The van der Waals surface area contributed by atoms with Gasteiger partial charge in [0.15, 0.2) is 5.79 Å². The molecule has 1 heterocycles. The molecule has 1 aromatic carbocycles. The minimum Gasteiger partial charge on any atom is -0.405 e. The van der Waals surface area contributed by atoms with Crippen LogP contribution in [0.25, 0.3) is 0 Å². The van der Waals surface area contributed by atoms with Gasteiger partial charge in [0.25, 0.3) is 0 Å². The summed E-state index contributed by atoms with van der Waals surface area (Å²) in [6.45, 7) is 1.15. The summed E-state index contributed by atoms with van der Waals surface area (Å²) in [5.41, 5.74) is 0.498. The van der Waals surface area contributed by atoms with Crippen LogP contribution in [-0.2, 0) is 9.47 Å². The van der Waals surface area contributed by atoms with Gasteiger partial charge in [-0.1, -0.05) is 11.6 Å². The normalized spacial score (nSPS) is 22.2. The quantitative estimate of drug-likeness (QED) is 0.787. The third kappa shape index (κ3) is 3.50. The van der Waals surface area contributed by atoms with Crippen LogP contribution in [0, 0.1) is 0 Å². The summed E-state index contributed by atoms with van der Waals surface area (Å²) >= 11 is 5.94. The molecular formula is C15H16ClF3O3. The third-order valence-electron chi connectivity index (χ3n) is 4.20. The SMILES string of the molecule is FC(F)(F)Oc1ccc(Cl)cc1C1CCC2(CC1)OCCO2. The van der Waals surface area contributed by atoms with Crippen LogP contribution in [0.1, 0.15) is 37.2 Å². The van der Waals surface area contributed by atoms with Crippen molar-refractivity contribution in [2.24, 2.45) is 0 Å². The Morgan fingerprint density at radius 2 is 1.77 bits per heavy atom. The molecule has 3 nitrogen and oxygen atoms in total. The van der Waals surface area contributed by atoms with Gasteiger partial charge in [0.2, 0.25) is 0 Å². The minimum atomic E-state index is -4.71. The summed E-state index contributed by atoms with van der Waals surface area (Å²) in [5.74, 6) is -0.763. The van der Waals surface area contributed by atoms with Gasteiger partial charge in [-0.25, -0.2) is 0 Å². The van der Waals surface area contributed by atoms with Crippen LogP contribution in [0.5, 0.6) is 5.75 Å². The maximum atomic E-state index is 12.5. The van der Waals surface area contributed by atoms with E-state index >= 15 is 0 Å². The van der Waals surface area contributed by atoms with Gasteiger partial charge < -0.3 is 14.2 Å². The predicted octanol–water partition coefficient (Wildman–Crippen LogP) is 4.64. The molecule has 0 unspecified atom stereocenters. The third-order valence-corrected chi connectivity index (χ3v) is 4.43. The topological polar surface area (TPSA) is 27.7 Å². The van der Waals surface area contributed by atoms with E-state index in [-0.39, 0.29) is 11.7 Å². The molecule has 1 aliphatic heterocycles. The van der Waals surface area contributed by atoms with Crippen molar-refractivity contribution in [1.29, 1.82) is 0 Å². The molecular weight excluding hydrogens is 321 g/mol. The van der Waals surface area contributed by atoms with Crippen LogP contribution < -0.4 is 4.74 Å². The minimum absolute atomic E-state index is 0.0468. The zero-order valence-electron chi connectivity index (χ0n) is 11.8. The van der Waals surface area contributed by atoms with Gasteiger partial charge in [-0.05, 0) is 42.5 Å². The predicted molar refractivity (Wildman–Crippen MR) is 74.0 cm³/mol. The summed E-state index contributed by atoms with van der Waals surface area (Å²) in [6, 6.07) is 4.24. The van der Waals surface area contributed by atoms with Crippen molar-refractivity contribution in [3.63, 3.8) is 0 Å². The number of hydrogen-bond acceptors (Lipinski definition) is 3. The molecule has 3 rings (SSSR count). The lowest BCUT2D eigenvalue weighted by atomic mass is 9.80. The molecule has 0 aromatic heterocycles. The first-order chi connectivity index (χ1) is 10.4. The Morgan fingerprint density at radius 3 is 2.36 bits per heavy atom. The van der Waals surface area contributed by atoms with Crippen LogP contribution in [-0.4, -0.2) is 25.4 Å². The largest absolute Gasteiger partial charge is 0.573 e. The first kappa shape index (κ1) is 15.9. The van der Waals surface area contributed by atoms with E-state index in [4.69, 9.17) is 21.1 Å². The average molecular weight is 337 g/mol. The zero-order chi connectivity index (χ0) is 15.8. The van der Waals surface area contributed by atoms with Gasteiger partial charge in [0.05, 0.1) is 13.2 Å². The van der Waals surface area contributed by atoms with Gasteiger partial charge in [-0.2, -0.15) is 0 Å². The fourth-order valence-corrected chi connectivity index (χ4v) is 3.39. The molecule has 1 saturated heterocycles. The Balaban J connectivity index is 1.78. The number of rotatable bonds is 2. The lowest BCUT2D eigenvalue weighted by Crippen LogP contribution is -2.34. The maximum Gasteiger partial charge on any atom is 0.573 e. The molecule has 1 aromatic rings. The van der Waals surface area contributed by atoms with E-state index in [1.807, 2.05) is 0 Å². The van der Waals surface area contributed by atoms with E-state index in [0.717, 1.165) is 0 Å². The number of ether oxygens (including phenoxy) is 3. The van der Waals surface area contributed by atoms with Crippen LogP contribution in [0.4, 0.5) is 13.2 Å². The highest BCUT2D eigenvalue weighted by Gasteiger charge is 2.41. The second kappa shape index (κ2) is 5.91. The number of alkyl halides is 3. The molecule has 2 aliphatic rings. The van der Waals surface area contributed by atoms with Crippen molar-refractivity contribution in [3.8, 4) is 5.75 Å². The average Bonchev–Trinajstić information content (AvgIpc) is 2.89. The van der Waals surface area contributed by atoms with Crippen LogP contribution in [0.15, 0.2) is 18.2 Å². The monoisotopic (exact) mass is 336 g/mol. The molecule has 7 heteroatoms. The second-order valence-corrected chi connectivity index (χ2v) is 6.05. The summed E-state index contributed by atoms with van der Waals surface area (Å²) in [7, 11) is 0. The van der Waals surface area contributed by atoms with Crippen molar-refractivity contribution < 1.29 is 27.4 Å². The summed E-state index contributed by atoms with van der Waals surface area (Å²) in [4.78, 5) is 0. The van der Waals surface area contributed by atoms with Crippen LogP contribution in [0.3, 0.4) is 0 Å². The summed E-state index contributed by atoms with van der Waals surface area (Å²) < 4.78 is 53.0. The fourth-order valence-electron chi connectivity index (χ4n) is 3.21. The van der Waals surface area contributed by atoms with E-state index in [9.17, 15) is 13.2 Å². The van der Waals surface area contributed by atoms with E-state index in [1.165, 1.54) is 12.1 Å².